The van der Waals surface area contributed by atoms with Gasteiger partial charge in [-0.3, -0.25) is 18.9 Å². The van der Waals surface area contributed by atoms with Crippen molar-refractivity contribution >= 4 is 11.8 Å². The van der Waals surface area contributed by atoms with E-state index in [0.717, 1.165) is 51.9 Å². The Kier molecular flexibility index (Phi) is 5.56. The van der Waals surface area contributed by atoms with Crippen LogP contribution in [0.1, 0.15) is 32.1 Å². The number of halogens is 1. The van der Waals surface area contributed by atoms with Gasteiger partial charge in [-0.15, -0.1) is 0 Å². The molecule has 0 bridgehead atoms. The molecule has 0 radical (unpaired) electrons. The van der Waals surface area contributed by atoms with Crippen LogP contribution in [0.2, 0.25) is 0 Å². The van der Waals surface area contributed by atoms with Gasteiger partial charge in [0.25, 0.3) is 0 Å². The second kappa shape index (κ2) is 7.20. The van der Waals surface area contributed by atoms with Crippen LogP contribution in [0.15, 0.2) is 0 Å². The van der Waals surface area contributed by atoms with Gasteiger partial charge in [-0.05, 0) is 44.2 Å². The molecule has 2 aliphatic rings. The Bertz CT molecular complexity index is 381. The first kappa shape index (κ1) is 16.2. The van der Waals surface area contributed by atoms with Crippen LogP contribution in [-0.4, -0.2) is 68.1 Å². The summed E-state index contributed by atoms with van der Waals surface area (Å²) in [5.41, 5.74) is 0.184. The molecule has 2 heterocycles. The van der Waals surface area contributed by atoms with Crippen LogP contribution >= 0.6 is 0 Å². The molecular formula is C15H26FN3O2. The summed E-state index contributed by atoms with van der Waals surface area (Å²) in [7, 11) is 1.66. The van der Waals surface area contributed by atoms with Crippen LogP contribution in [0, 0.1) is 5.41 Å². The Balaban J connectivity index is 1.86. The van der Waals surface area contributed by atoms with Gasteiger partial charge in [-0.1, -0.05) is 0 Å². The van der Waals surface area contributed by atoms with E-state index < -0.39 is 6.67 Å². The van der Waals surface area contributed by atoms with E-state index in [0.29, 0.717) is 6.54 Å². The standard InChI is InChI=1S/C15H26FN3O2/c1-17-13(20)11-18-9-5-15(6-10-18)4-2-8-19(12-15)14(21)3-7-16/h2-12H2,1H3,(H,17,20). The van der Waals surface area contributed by atoms with Gasteiger partial charge >= 0.3 is 0 Å². The Morgan fingerprint density at radius 3 is 2.52 bits per heavy atom. The van der Waals surface area contributed by atoms with Crippen LogP contribution < -0.4 is 5.32 Å². The van der Waals surface area contributed by atoms with Crippen LogP contribution in [0.4, 0.5) is 4.39 Å². The number of carbonyl (C=O) groups is 2. The number of rotatable bonds is 4. The van der Waals surface area contributed by atoms with Crippen molar-refractivity contribution in [3.05, 3.63) is 0 Å². The normalized spacial score (nSPS) is 22.3. The van der Waals surface area contributed by atoms with E-state index in [1.807, 2.05) is 4.90 Å². The fourth-order valence-corrected chi connectivity index (χ4v) is 3.54. The van der Waals surface area contributed by atoms with Gasteiger partial charge in [0.05, 0.1) is 19.6 Å². The number of nitrogens with one attached hydrogen (secondary N) is 1. The highest BCUT2D eigenvalue weighted by molar-refractivity contribution is 5.77. The van der Waals surface area contributed by atoms with Gasteiger partial charge < -0.3 is 10.2 Å². The molecule has 120 valence electrons. The van der Waals surface area contributed by atoms with Crippen molar-refractivity contribution in [2.75, 3.05) is 46.4 Å². The molecule has 1 spiro atoms. The molecule has 2 rings (SSSR count). The average Bonchev–Trinajstić information content (AvgIpc) is 2.50. The first-order valence-electron chi connectivity index (χ1n) is 7.85. The molecule has 0 atom stereocenters. The third-order valence-corrected chi connectivity index (χ3v) is 4.89. The molecule has 2 saturated heterocycles. The number of alkyl halides is 1. The van der Waals surface area contributed by atoms with E-state index in [9.17, 15) is 14.0 Å². The molecule has 2 aliphatic heterocycles. The third-order valence-electron chi connectivity index (χ3n) is 4.89. The highest BCUT2D eigenvalue weighted by atomic mass is 19.1. The third kappa shape index (κ3) is 4.15. The summed E-state index contributed by atoms with van der Waals surface area (Å²) in [6, 6.07) is 0. The number of hydrogen-bond acceptors (Lipinski definition) is 3. The molecule has 1 N–H and O–H groups in total. The summed E-state index contributed by atoms with van der Waals surface area (Å²) in [4.78, 5) is 27.3. The van der Waals surface area contributed by atoms with Gasteiger partial charge in [0.15, 0.2) is 0 Å². The molecular weight excluding hydrogens is 273 g/mol. The van der Waals surface area contributed by atoms with Crippen molar-refractivity contribution < 1.29 is 14.0 Å². The number of piperidine rings is 2. The Morgan fingerprint density at radius 2 is 1.90 bits per heavy atom. The molecule has 0 aromatic carbocycles. The minimum atomic E-state index is -0.567. The molecule has 0 unspecified atom stereocenters. The smallest absolute Gasteiger partial charge is 0.233 e. The number of likely N-dealkylation sites (N-methyl/N-ethyl adjacent to an activating group) is 1. The van der Waals surface area contributed by atoms with Crippen LogP contribution in [0.5, 0.6) is 0 Å². The minimum absolute atomic E-state index is 0.0128. The largest absolute Gasteiger partial charge is 0.358 e. The average molecular weight is 299 g/mol. The highest BCUT2D eigenvalue weighted by Gasteiger charge is 2.39. The van der Waals surface area contributed by atoms with E-state index in [1.54, 1.807) is 7.05 Å². The molecule has 21 heavy (non-hydrogen) atoms. The zero-order valence-corrected chi connectivity index (χ0v) is 12.9. The summed E-state index contributed by atoms with van der Waals surface area (Å²) in [6.07, 6.45) is 4.19. The van der Waals surface area contributed by atoms with E-state index in [-0.39, 0.29) is 23.7 Å². The summed E-state index contributed by atoms with van der Waals surface area (Å²) in [5.74, 6) is -0.00119. The lowest BCUT2D eigenvalue weighted by Crippen LogP contribution is -2.52. The molecule has 5 nitrogen and oxygen atoms in total. The molecule has 0 aliphatic carbocycles. The number of likely N-dealkylation sites (tertiary alicyclic amines) is 2. The molecule has 0 saturated carbocycles. The Labute approximate surface area is 125 Å². The van der Waals surface area contributed by atoms with Crippen molar-refractivity contribution in [1.29, 1.82) is 0 Å². The monoisotopic (exact) mass is 299 g/mol. The van der Waals surface area contributed by atoms with Crippen molar-refractivity contribution in [3.63, 3.8) is 0 Å². The quantitative estimate of drug-likeness (QED) is 0.835. The molecule has 2 amide bonds. The maximum atomic E-state index is 12.3. The second-order valence-corrected chi connectivity index (χ2v) is 6.31. The van der Waals surface area contributed by atoms with Crippen molar-refractivity contribution in [3.8, 4) is 0 Å². The number of amides is 2. The first-order valence-corrected chi connectivity index (χ1v) is 7.85. The van der Waals surface area contributed by atoms with Gasteiger partial charge in [-0.2, -0.15) is 0 Å². The van der Waals surface area contributed by atoms with Crippen LogP contribution in [0.25, 0.3) is 0 Å². The topological polar surface area (TPSA) is 52.7 Å². The van der Waals surface area contributed by atoms with Gasteiger partial charge in [0, 0.05) is 20.1 Å². The van der Waals surface area contributed by atoms with Crippen molar-refractivity contribution in [2.24, 2.45) is 5.41 Å². The van der Waals surface area contributed by atoms with E-state index in [2.05, 4.69) is 10.2 Å². The van der Waals surface area contributed by atoms with Crippen LogP contribution in [0.3, 0.4) is 0 Å². The number of hydrogen-bond donors (Lipinski definition) is 1. The maximum absolute atomic E-state index is 12.3. The fourth-order valence-electron chi connectivity index (χ4n) is 3.54. The van der Waals surface area contributed by atoms with Crippen molar-refractivity contribution in [1.82, 2.24) is 15.1 Å². The minimum Gasteiger partial charge on any atom is -0.358 e. The maximum Gasteiger partial charge on any atom is 0.233 e. The summed E-state index contributed by atoms with van der Waals surface area (Å²) >= 11 is 0. The van der Waals surface area contributed by atoms with E-state index >= 15 is 0 Å². The van der Waals surface area contributed by atoms with E-state index in [1.165, 1.54) is 0 Å². The van der Waals surface area contributed by atoms with Gasteiger partial charge in [0.2, 0.25) is 11.8 Å². The molecule has 0 aromatic heterocycles. The summed E-state index contributed by atoms with van der Waals surface area (Å²) in [5, 5.41) is 2.65. The van der Waals surface area contributed by atoms with Crippen LogP contribution in [-0.2, 0) is 9.59 Å². The van der Waals surface area contributed by atoms with Gasteiger partial charge in [-0.25, -0.2) is 0 Å². The SMILES string of the molecule is CNC(=O)CN1CCC2(CCCN(C(=O)CCF)C2)CC1. The van der Waals surface area contributed by atoms with E-state index in [4.69, 9.17) is 0 Å². The fraction of sp³-hybridized carbons (Fsp3) is 0.867. The van der Waals surface area contributed by atoms with Crippen molar-refractivity contribution in [2.45, 2.75) is 32.1 Å². The second-order valence-electron chi connectivity index (χ2n) is 6.31. The Morgan fingerprint density at radius 1 is 1.19 bits per heavy atom. The molecule has 2 fully saturated rings. The lowest BCUT2D eigenvalue weighted by atomic mass is 9.72. The zero-order chi connectivity index (χ0) is 15.3. The molecule has 0 aromatic rings. The predicted molar refractivity (Wildman–Crippen MR) is 78.6 cm³/mol. The first-order chi connectivity index (χ1) is 10.1. The van der Waals surface area contributed by atoms with Gasteiger partial charge in [0.1, 0.15) is 0 Å². The summed E-state index contributed by atoms with van der Waals surface area (Å²) < 4.78 is 12.3. The summed E-state index contributed by atoms with van der Waals surface area (Å²) in [6.45, 7) is 3.22. The number of carbonyl (C=O) groups excluding carboxylic acids is 2. The number of nitrogens with zero attached hydrogens (tertiary/aromatic N) is 2. The highest BCUT2D eigenvalue weighted by Crippen LogP contribution is 2.39. The Hall–Kier alpha value is -1.17. The predicted octanol–water partition coefficient (Wildman–Crippen LogP) is 0.797. The lowest BCUT2D eigenvalue weighted by molar-refractivity contribution is -0.136. The molecule has 6 heteroatoms. The lowest BCUT2D eigenvalue weighted by Gasteiger charge is -2.47. The zero-order valence-electron chi connectivity index (χ0n) is 12.9.